The number of pyridine rings is 1. The van der Waals surface area contributed by atoms with Crippen LogP contribution in [0.3, 0.4) is 0 Å². The molecule has 3 N–H and O–H groups in total. The third-order valence-corrected chi connectivity index (χ3v) is 4.16. The largest absolute Gasteiger partial charge is 0.419 e. The second-order valence-electron chi connectivity index (χ2n) is 6.48. The second kappa shape index (κ2) is 8.60. The number of nitrogens with one attached hydrogen (secondary N) is 3. The molecule has 8 nitrogen and oxygen atoms in total. The van der Waals surface area contributed by atoms with Crippen LogP contribution in [0, 0.1) is 12.7 Å². The molecule has 1 amide bonds. The Labute approximate surface area is 174 Å². The van der Waals surface area contributed by atoms with Crippen LogP contribution in [0.25, 0.3) is 0 Å². The normalized spacial score (nSPS) is 11.3. The number of hydroxylamine groups is 1. The molecular formula is C19H18F4N6O2. The van der Waals surface area contributed by atoms with Gasteiger partial charge in [-0.15, -0.1) is 0 Å². The number of alkyl halides is 3. The van der Waals surface area contributed by atoms with Crippen LogP contribution in [0.5, 0.6) is 0 Å². The standard InChI is InChI=1S/C19H18F4N6O2/c1-10-6-17(29(2)27-10)26-16-8-15(13(9-24-16)19(21,22)23)25-14-5-4-11(20)7-12(14)18(30)28-31-3/h4-9H,1-3H3,(H,28,30)(H2,24,25,26). The van der Waals surface area contributed by atoms with Gasteiger partial charge in [-0.05, 0) is 25.1 Å². The highest BCUT2D eigenvalue weighted by Gasteiger charge is 2.34. The first-order valence-electron chi connectivity index (χ1n) is 8.83. The number of hydrogen-bond donors (Lipinski definition) is 3. The predicted molar refractivity (Wildman–Crippen MR) is 105 cm³/mol. The van der Waals surface area contributed by atoms with E-state index in [9.17, 15) is 22.4 Å². The van der Waals surface area contributed by atoms with Gasteiger partial charge in [-0.3, -0.25) is 14.3 Å². The molecule has 0 fully saturated rings. The van der Waals surface area contributed by atoms with E-state index in [2.05, 4.69) is 25.6 Å². The van der Waals surface area contributed by atoms with Gasteiger partial charge in [0.1, 0.15) is 17.5 Å². The van der Waals surface area contributed by atoms with E-state index in [1.807, 2.05) is 5.48 Å². The fourth-order valence-corrected chi connectivity index (χ4v) is 2.82. The molecule has 12 heteroatoms. The molecule has 2 heterocycles. The van der Waals surface area contributed by atoms with Gasteiger partial charge in [-0.25, -0.2) is 14.9 Å². The summed E-state index contributed by atoms with van der Waals surface area (Å²) < 4.78 is 55.8. The Hall–Kier alpha value is -3.67. The van der Waals surface area contributed by atoms with Gasteiger partial charge in [-0.1, -0.05) is 0 Å². The van der Waals surface area contributed by atoms with Crippen LogP contribution in [0.15, 0.2) is 36.5 Å². The van der Waals surface area contributed by atoms with Crippen molar-refractivity contribution in [3.8, 4) is 0 Å². The number of carbonyl (C=O) groups excluding carboxylic acids is 1. The minimum Gasteiger partial charge on any atom is -0.354 e. The molecule has 0 saturated heterocycles. The zero-order chi connectivity index (χ0) is 22.8. The van der Waals surface area contributed by atoms with Crippen LogP contribution >= 0.6 is 0 Å². The summed E-state index contributed by atoms with van der Waals surface area (Å²) in [5, 5.41) is 9.59. The Bertz CT molecular complexity index is 1110. The molecule has 2 aromatic heterocycles. The van der Waals surface area contributed by atoms with Gasteiger partial charge in [-0.2, -0.15) is 18.3 Å². The van der Waals surface area contributed by atoms with E-state index in [1.54, 1.807) is 20.0 Å². The summed E-state index contributed by atoms with van der Waals surface area (Å²) in [6, 6.07) is 5.87. The molecule has 1 aromatic carbocycles. The van der Waals surface area contributed by atoms with Gasteiger partial charge in [0.05, 0.1) is 35.3 Å². The average Bonchev–Trinajstić information content (AvgIpc) is 2.99. The predicted octanol–water partition coefficient (Wildman–Crippen LogP) is 4.06. The maximum absolute atomic E-state index is 13.6. The molecule has 0 radical (unpaired) electrons. The van der Waals surface area contributed by atoms with E-state index < -0.39 is 23.5 Å². The van der Waals surface area contributed by atoms with Crippen LogP contribution in [0.1, 0.15) is 21.6 Å². The monoisotopic (exact) mass is 438 g/mol. The summed E-state index contributed by atoms with van der Waals surface area (Å²) in [6.45, 7) is 1.76. The third-order valence-electron chi connectivity index (χ3n) is 4.16. The number of rotatable bonds is 6. The fraction of sp³-hybridized carbons (Fsp3) is 0.211. The van der Waals surface area contributed by atoms with Crippen LogP contribution in [-0.2, 0) is 18.1 Å². The molecular weight excluding hydrogens is 420 g/mol. The van der Waals surface area contributed by atoms with E-state index >= 15 is 0 Å². The van der Waals surface area contributed by atoms with Crippen LogP contribution in [0.4, 0.5) is 40.6 Å². The summed E-state index contributed by atoms with van der Waals surface area (Å²) >= 11 is 0. The quantitative estimate of drug-likeness (QED) is 0.397. The first-order chi connectivity index (χ1) is 14.6. The van der Waals surface area contributed by atoms with Crippen molar-refractivity contribution >= 4 is 28.9 Å². The summed E-state index contributed by atoms with van der Waals surface area (Å²) in [4.78, 5) is 20.5. The Morgan fingerprint density at radius 1 is 1.13 bits per heavy atom. The van der Waals surface area contributed by atoms with Gasteiger partial charge in [0, 0.05) is 25.4 Å². The molecule has 0 unspecified atom stereocenters. The lowest BCUT2D eigenvalue weighted by atomic mass is 10.1. The SMILES string of the molecule is CONC(=O)c1cc(F)ccc1Nc1cc(Nc2cc(C)nn2C)ncc1C(F)(F)F. The lowest BCUT2D eigenvalue weighted by Gasteiger charge is -2.17. The molecule has 0 aliphatic heterocycles. The van der Waals surface area contributed by atoms with E-state index in [0.717, 1.165) is 24.3 Å². The van der Waals surface area contributed by atoms with E-state index in [1.165, 1.54) is 11.8 Å². The molecule has 3 rings (SSSR count). The van der Waals surface area contributed by atoms with Crippen LogP contribution in [-0.4, -0.2) is 27.8 Å². The van der Waals surface area contributed by atoms with Gasteiger partial charge in [0.2, 0.25) is 0 Å². The minimum absolute atomic E-state index is 0.0602. The number of aromatic nitrogens is 3. The smallest absolute Gasteiger partial charge is 0.354 e. The minimum atomic E-state index is -4.73. The van der Waals surface area contributed by atoms with Crippen molar-refractivity contribution in [2.45, 2.75) is 13.1 Å². The van der Waals surface area contributed by atoms with Crippen molar-refractivity contribution < 1.29 is 27.2 Å². The summed E-state index contributed by atoms with van der Waals surface area (Å²) in [5.74, 6) is -0.969. The molecule has 0 spiro atoms. The maximum atomic E-state index is 13.6. The van der Waals surface area contributed by atoms with Gasteiger partial charge >= 0.3 is 6.18 Å². The van der Waals surface area contributed by atoms with E-state index in [-0.39, 0.29) is 22.8 Å². The number of hydrogen-bond acceptors (Lipinski definition) is 6. The Kier molecular flexibility index (Phi) is 6.11. The Morgan fingerprint density at radius 3 is 2.48 bits per heavy atom. The van der Waals surface area contributed by atoms with Crippen molar-refractivity contribution in [3.63, 3.8) is 0 Å². The van der Waals surface area contributed by atoms with E-state index in [4.69, 9.17) is 0 Å². The molecule has 0 bridgehead atoms. The number of carbonyl (C=O) groups is 1. The summed E-state index contributed by atoms with van der Waals surface area (Å²) in [5.41, 5.74) is 0.953. The van der Waals surface area contributed by atoms with Crippen molar-refractivity contribution in [1.82, 2.24) is 20.2 Å². The highest BCUT2D eigenvalue weighted by atomic mass is 19.4. The Balaban J connectivity index is 2.03. The van der Waals surface area contributed by atoms with Gasteiger partial charge in [0.15, 0.2) is 0 Å². The number of anilines is 4. The number of nitrogens with zero attached hydrogens (tertiary/aromatic N) is 3. The Morgan fingerprint density at radius 2 is 1.87 bits per heavy atom. The number of benzene rings is 1. The van der Waals surface area contributed by atoms with Crippen LogP contribution in [0.2, 0.25) is 0 Å². The zero-order valence-electron chi connectivity index (χ0n) is 16.6. The third kappa shape index (κ3) is 5.09. The topological polar surface area (TPSA) is 93.1 Å². The molecule has 0 atom stereocenters. The molecule has 164 valence electrons. The number of halogens is 4. The van der Waals surface area contributed by atoms with Gasteiger partial charge in [0.25, 0.3) is 5.91 Å². The highest BCUT2D eigenvalue weighted by Crippen LogP contribution is 2.37. The highest BCUT2D eigenvalue weighted by molar-refractivity contribution is 6.00. The molecule has 0 saturated carbocycles. The van der Waals surface area contributed by atoms with Crippen molar-refractivity contribution in [1.29, 1.82) is 0 Å². The van der Waals surface area contributed by atoms with E-state index in [0.29, 0.717) is 17.7 Å². The molecule has 0 aliphatic rings. The lowest BCUT2D eigenvalue weighted by molar-refractivity contribution is -0.137. The zero-order valence-corrected chi connectivity index (χ0v) is 16.6. The van der Waals surface area contributed by atoms with Crippen molar-refractivity contribution in [2.75, 3.05) is 17.7 Å². The second-order valence-corrected chi connectivity index (χ2v) is 6.48. The number of aryl methyl sites for hydroxylation is 2. The maximum Gasteiger partial charge on any atom is 0.419 e. The molecule has 3 aromatic rings. The van der Waals surface area contributed by atoms with Crippen LogP contribution < -0.4 is 16.1 Å². The van der Waals surface area contributed by atoms with Crippen molar-refractivity contribution in [2.24, 2.45) is 7.05 Å². The summed E-state index contributed by atoms with van der Waals surface area (Å²) in [6.07, 6.45) is -4.07. The molecule has 31 heavy (non-hydrogen) atoms. The summed E-state index contributed by atoms with van der Waals surface area (Å²) in [7, 11) is 2.84. The van der Waals surface area contributed by atoms with Crippen molar-refractivity contribution in [3.05, 3.63) is 59.2 Å². The first-order valence-corrected chi connectivity index (χ1v) is 8.83. The number of amides is 1. The fourth-order valence-electron chi connectivity index (χ4n) is 2.82. The lowest BCUT2D eigenvalue weighted by Crippen LogP contribution is -2.23. The van der Waals surface area contributed by atoms with Gasteiger partial charge < -0.3 is 10.6 Å². The average molecular weight is 438 g/mol. The first kappa shape index (κ1) is 22.0. The molecule has 0 aliphatic carbocycles.